The Labute approximate surface area is 118 Å². The van der Waals surface area contributed by atoms with Gasteiger partial charge in [0.1, 0.15) is 6.61 Å². The Hall–Kier alpha value is -1.75. The molecule has 5 heteroatoms. The van der Waals surface area contributed by atoms with Gasteiger partial charge in [-0.2, -0.15) is 0 Å². The summed E-state index contributed by atoms with van der Waals surface area (Å²) < 4.78 is 11.5. The monoisotopic (exact) mass is 276 g/mol. The Balaban J connectivity index is 1.57. The first-order valence-electron chi connectivity index (χ1n) is 7.11. The summed E-state index contributed by atoms with van der Waals surface area (Å²) in [4.78, 5) is 14.0. The van der Waals surface area contributed by atoms with Gasteiger partial charge in [-0.05, 0) is 31.5 Å². The molecule has 108 valence electrons. The van der Waals surface area contributed by atoms with Gasteiger partial charge in [0.25, 0.3) is 0 Å². The maximum atomic E-state index is 12.2. The van der Waals surface area contributed by atoms with Crippen molar-refractivity contribution in [2.45, 2.75) is 25.0 Å². The van der Waals surface area contributed by atoms with Crippen molar-refractivity contribution in [2.24, 2.45) is 0 Å². The van der Waals surface area contributed by atoms with Gasteiger partial charge in [0.05, 0.1) is 12.6 Å². The van der Waals surface area contributed by atoms with Gasteiger partial charge in [-0.15, -0.1) is 0 Å². The van der Waals surface area contributed by atoms with E-state index in [9.17, 15) is 4.79 Å². The van der Waals surface area contributed by atoms with Gasteiger partial charge >= 0.3 is 0 Å². The first-order chi connectivity index (χ1) is 9.74. The number of nitrogens with one attached hydrogen (secondary N) is 1. The van der Waals surface area contributed by atoms with Crippen LogP contribution in [-0.4, -0.2) is 49.7 Å². The average Bonchev–Trinajstić information content (AvgIpc) is 3.00. The fourth-order valence-electron chi connectivity index (χ4n) is 2.71. The van der Waals surface area contributed by atoms with Crippen molar-refractivity contribution in [3.05, 3.63) is 24.3 Å². The summed E-state index contributed by atoms with van der Waals surface area (Å²) in [5.41, 5.74) is 0. The van der Waals surface area contributed by atoms with E-state index in [1.165, 1.54) is 0 Å². The molecule has 0 bridgehead atoms. The van der Waals surface area contributed by atoms with E-state index < -0.39 is 0 Å². The second-order valence-electron chi connectivity index (χ2n) is 5.37. The molecule has 20 heavy (non-hydrogen) atoms. The minimum Gasteiger partial charge on any atom is -0.486 e. The smallest absolute Gasteiger partial charge is 0.239 e. The van der Waals surface area contributed by atoms with Crippen molar-refractivity contribution in [1.29, 1.82) is 0 Å². The molecule has 1 aromatic rings. The minimum absolute atomic E-state index is 0.0307. The second-order valence-corrected chi connectivity index (χ2v) is 5.37. The molecule has 1 N–H and O–H groups in total. The zero-order valence-electron chi connectivity index (χ0n) is 11.7. The largest absolute Gasteiger partial charge is 0.486 e. The van der Waals surface area contributed by atoms with Crippen molar-refractivity contribution in [1.82, 2.24) is 10.2 Å². The zero-order valence-corrected chi connectivity index (χ0v) is 11.7. The molecule has 1 fully saturated rings. The summed E-state index contributed by atoms with van der Waals surface area (Å²) in [6, 6.07) is 7.59. The summed E-state index contributed by atoms with van der Waals surface area (Å²) >= 11 is 0. The topological polar surface area (TPSA) is 50.8 Å². The van der Waals surface area contributed by atoms with Gasteiger partial charge in [0.2, 0.25) is 5.91 Å². The molecule has 1 amide bonds. The molecule has 2 aliphatic rings. The molecule has 0 spiro atoms. The highest BCUT2D eigenvalue weighted by Gasteiger charge is 2.28. The van der Waals surface area contributed by atoms with E-state index in [2.05, 4.69) is 5.32 Å². The van der Waals surface area contributed by atoms with Crippen LogP contribution in [-0.2, 0) is 4.79 Å². The lowest BCUT2D eigenvalue weighted by atomic mass is 10.2. The molecule has 0 aliphatic carbocycles. The number of hydrogen-bond acceptors (Lipinski definition) is 4. The highest BCUT2D eigenvalue weighted by atomic mass is 16.6. The fourth-order valence-corrected chi connectivity index (χ4v) is 2.71. The molecule has 2 aliphatic heterocycles. The quantitative estimate of drug-likeness (QED) is 0.896. The van der Waals surface area contributed by atoms with E-state index in [1.54, 1.807) is 4.90 Å². The Morgan fingerprint density at radius 3 is 2.95 bits per heavy atom. The third kappa shape index (κ3) is 2.72. The number of nitrogens with zero attached hydrogens (tertiary/aromatic N) is 1. The van der Waals surface area contributed by atoms with Crippen LogP contribution in [0.4, 0.5) is 0 Å². The molecular weight excluding hydrogens is 256 g/mol. The van der Waals surface area contributed by atoms with E-state index in [-0.39, 0.29) is 18.1 Å². The Kier molecular flexibility index (Phi) is 3.78. The normalized spacial score (nSPS) is 24.4. The highest BCUT2D eigenvalue weighted by Crippen LogP contribution is 2.30. The third-order valence-corrected chi connectivity index (χ3v) is 3.78. The van der Waals surface area contributed by atoms with Crippen molar-refractivity contribution < 1.29 is 14.3 Å². The number of fused-ring (bicyclic) bond motifs is 1. The number of benzene rings is 1. The van der Waals surface area contributed by atoms with E-state index in [4.69, 9.17) is 9.47 Å². The number of rotatable bonds is 3. The van der Waals surface area contributed by atoms with Gasteiger partial charge in [-0.1, -0.05) is 12.1 Å². The number of carbonyl (C=O) groups is 1. The number of para-hydroxylation sites is 2. The van der Waals surface area contributed by atoms with Crippen LogP contribution in [0.15, 0.2) is 24.3 Å². The first kappa shape index (κ1) is 13.2. The van der Waals surface area contributed by atoms with Gasteiger partial charge in [0.15, 0.2) is 17.6 Å². The van der Waals surface area contributed by atoms with Crippen LogP contribution in [0.3, 0.4) is 0 Å². The van der Waals surface area contributed by atoms with E-state index >= 15 is 0 Å². The van der Waals surface area contributed by atoms with Crippen LogP contribution in [0.5, 0.6) is 11.5 Å². The number of ether oxygens (including phenoxy) is 2. The number of hydrogen-bond donors (Lipinski definition) is 1. The number of amides is 1. The van der Waals surface area contributed by atoms with E-state index in [1.807, 2.05) is 31.3 Å². The maximum Gasteiger partial charge on any atom is 0.239 e. The summed E-state index contributed by atoms with van der Waals surface area (Å²) in [5, 5.41) is 3.23. The van der Waals surface area contributed by atoms with Crippen molar-refractivity contribution in [3.8, 4) is 11.5 Å². The molecule has 3 rings (SSSR count). The molecule has 1 saturated heterocycles. The molecule has 0 saturated carbocycles. The summed E-state index contributed by atoms with van der Waals surface area (Å²) in [6.45, 7) is 1.96. The highest BCUT2D eigenvalue weighted by molar-refractivity contribution is 5.82. The minimum atomic E-state index is -0.111. The molecule has 1 aromatic carbocycles. The Morgan fingerprint density at radius 2 is 2.20 bits per heavy atom. The van der Waals surface area contributed by atoms with Crippen LogP contribution in [0.25, 0.3) is 0 Å². The molecule has 0 aromatic heterocycles. The average molecular weight is 276 g/mol. The van der Waals surface area contributed by atoms with Gasteiger partial charge in [-0.3, -0.25) is 4.79 Å². The SMILES string of the molecule is CN(CC1COc2ccccc2O1)C(=O)C1CCCN1. The lowest BCUT2D eigenvalue weighted by molar-refractivity contribution is -0.133. The lowest BCUT2D eigenvalue weighted by Crippen LogP contribution is -2.47. The predicted molar refractivity (Wildman–Crippen MR) is 75.0 cm³/mol. The molecular formula is C15H20N2O3. The van der Waals surface area contributed by atoms with Crippen LogP contribution < -0.4 is 14.8 Å². The van der Waals surface area contributed by atoms with E-state index in [0.717, 1.165) is 30.9 Å². The molecule has 5 nitrogen and oxygen atoms in total. The predicted octanol–water partition coefficient (Wildman–Crippen LogP) is 1.04. The van der Waals surface area contributed by atoms with Crippen molar-refractivity contribution in [2.75, 3.05) is 26.7 Å². The standard InChI is InChI=1S/C15H20N2O3/c1-17(15(18)12-5-4-8-16-12)9-11-10-19-13-6-2-3-7-14(13)20-11/h2-3,6-7,11-12,16H,4-5,8-10H2,1H3. The zero-order chi connectivity index (χ0) is 13.9. The lowest BCUT2D eigenvalue weighted by Gasteiger charge is -2.30. The van der Waals surface area contributed by atoms with Crippen LogP contribution >= 0.6 is 0 Å². The second kappa shape index (κ2) is 5.71. The Bertz CT molecular complexity index is 486. The number of likely N-dealkylation sites (N-methyl/N-ethyl adjacent to an activating group) is 1. The third-order valence-electron chi connectivity index (χ3n) is 3.78. The van der Waals surface area contributed by atoms with Gasteiger partial charge in [-0.25, -0.2) is 0 Å². The fraction of sp³-hybridized carbons (Fsp3) is 0.533. The molecule has 2 atom stereocenters. The molecule has 2 unspecified atom stereocenters. The number of carbonyl (C=O) groups excluding carboxylic acids is 1. The van der Waals surface area contributed by atoms with Crippen molar-refractivity contribution in [3.63, 3.8) is 0 Å². The molecule has 0 radical (unpaired) electrons. The van der Waals surface area contributed by atoms with Crippen LogP contribution in [0.2, 0.25) is 0 Å². The van der Waals surface area contributed by atoms with Crippen LogP contribution in [0, 0.1) is 0 Å². The molecule has 2 heterocycles. The summed E-state index contributed by atoms with van der Waals surface area (Å²) in [6.07, 6.45) is 1.88. The summed E-state index contributed by atoms with van der Waals surface area (Å²) in [7, 11) is 1.83. The van der Waals surface area contributed by atoms with Gasteiger partial charge in [0, 0.05) is 7.05 Å². The summed E-state index contributed by atoms with van der Waals surface area (Å²) in [5.74, 6) is 1.67. The van der Waals surface area contributed by atoms with Crippen LogP contribution in [0.1, 0.15) is 12.8 Å². The van der Waals surface area contributed by atoms with Crippen molar-refractivity contribution >= 4 is 5.91 Å². The first-order valence-corrected chi connectivity index (χ1v) is 7.11. The Morgan fingerprint density at radius 1 is 1.40 bits per heavy atom. The van der Waals surface area contributed by atoms with Gasteiger partial charge < -0.3 is 19.7 Å². The maximum absolute atomic E-state index is 12.2. The van der Waals surface area contributed by atoms with E-state index in [0.29, 0.717) is 13.2 Å².